The molecule has 0 amide bonds. The lowest BCUT2D eigenvalue weighted by molar-refractivity contribution is 0.377. The molecule has 0 radical (unpaired) electrons. The van der Waals surface area contributed by atoms with Gasteiger partial charge in [0.05, 0.1) is 19.0 Å². The van der Waals surface area contributed by atoms with Crippen molar-refractivity contribution in [2.24, 2.45) is 0 Å². The Balaban J connectivity index is 1.53. The molecule has 148 valence electrons. The number of methoxy groups -OCH3 is 1. The Kier molecular flexibility index (Phi) is 4.86. The summed E-state index contributed by atoms with van der Waals surface area (Å²) in [6.45, 7) is 3.54. The van der Waals surface area contributed by atoms with Gasteiger partial charge in [0.2, 0.25) is 15.8 Å². The number of benzene rings is 1. The van der Waals surface area contributed by atoms with Crippen LogP contribution in [0.15, 0.2) is 56.4 Å². The van der Waals surface area contributed by atoms with E-state index in [4.69, 9.17) is 13.7 Å². The molecule has 8 nitrogen and oxygen atoms in total. The van der Waals surface area contributed by atoms with Crippen LogP contribution in [0.25, 0.3) is 11.5 Å². The average Bonchev–Trinajstić information content (AvgIpc) is 3.38. The van der Waals surface area contributed by atoms with Crippen molar-refractivity contribution in [3.63, 3.8) is 0 Å². The number of ether oxygens (including phenoxy) is 1. The second-order valence-corrected chi connectivity index (χ2v) is 8.38. The largest absolute Gasteiger partial charge is 0.495 e. The highest BCUT2D eigenvalue weighted by molar-refractivity contribution is 7.89. The Morgan fingerprint density at radius 2 is 1.82 bits per heavy atom. The van der Waals surface area contributed by atoms with Gasteiger partial charge in [-0.1, -0.05) is 17.3 Å². The van der Waals surface area contributed by atoms with E-state index in [1.165, 1.54) is 16.6 Å². The number of rotatable bonds is 5. The summed E-state index contributed by atoms with van der Waals surface area (Å²) in [4.78, 5) is 2.29. The van der Waals surface area contributed by atoms with Crippen molar-refractivity contribution < 1.29 is 22.1 Å². The number of anilines is 1. The quantitative estimate of drug-likeness (QED) is 0.647. The van der Waals surface area contributed by atoms with Crippen molar-refractivity contribution in [3.8, 4) is 17.3 Å². The van der Waals surface area contributed by atoms with Crippen LogP contribution >= 0.6 is 0 Å². The summed E-state index contributed by atoms with van der Waals surface area (Å²) in [5.74, 6) is 1.85. The summed E-state index contributed by atoms with van der Waals surface area (Å²) >= 11 is 0. The molecule has 0 saturated carbocycles. The van der Waals surface area contributed by atoms with Crippen LogP contribution in [0, 0.1) is 6.92 Å². The monoisotopic (exact) mass is 403 g/mol. The van der Waals surface area contributed by atoms with Gasteiger partial charge in [-0.3, -0.25) is 0 Å². The first-order valence-electron chi connectivity index (χ1n) is 8.90. The first kappa shape index (κ1) is 18.6. The molecule has 4 rings (SSSR count). The lowest BCUT2D eigenvalue weighted by Crippen LogP contribution is -2.48. The number of aryl methyl sites for hydroxylation is 1. The van der Waals surface area contributed by atoms with E-state index < -0.39 is 10.0 Å². The van der Waals surface area contributed by atoms with Crippen molar-refractivity contribution in [3.05, 3.63) is 48.4 Å². The fourth-order valence-electron chi connectivity index (χ4n) is 3.39. The molecular formula is C19H21N3O5S. The van der Waals surface area contributed by atoms with Crippen LogP contribution in [0.2, 0.25) is 0 Å². The van der Waals surface area contributed by atoms with E-state index in [1.807, 2.05) is 24.3 Å². The summed E-state index contributed by atoms with van der Waals surface area (Å²) in [6, 6.07) is 10.9. The van der Waals surface area contributed by atoms with Crippen molar-refractivity contribution in [2.75, 3.05) is 38.2 Å². The van der Waals surface area contributed by atoms with E-state index in [1.54, 1.807) is 20.1 Å². The van der Waals surface area contributed by atoms with Crippen LogP contribution in [0.1, 0.15) is 5.76 Å². The van der Waals surface area contributed by atoms with Crippen molar-refractivity contribution in [2.45, 2.75) is 11.8 Å². The van der Waals surface area contributed by atoms with E-state index in [0.717, 1.165) is 11.4 Å². The zero-order chi connectivity index (χ0) is 19.7. The third-order valence-corrected chi connectivity index (χ3v) is 6.84. The number of hydrogen-bond acceptors (Lipinski definition) is 7. The number of furan rings is 1. The number of para-hydroxylation sites is 2. The van der Waals surface area contributed by atoms with Gasteiger partial charge in [0.15, 0.2) is 5.76 Å². The normalized spacial score (nSPS) is 15.7. The zero-order valence-corrected chi connectivity index (χ0v) is 16.5. The van der Waals surface area contributed by atoms with Crippen LogP contribution in [0.3, 0.4) is 0 Å². The first-order chi connectivity index (χ1) is 13.5. The van der Waals surface area contributed by atoms with Gasteiger partial charge < -0.3 is 18.6 Å². The van der Waals surface area contributed by atoms with Crippen molar-refractivity contribution >= 4 is 15.7 Å². The summed E-state index contributed by atoms with van der Waals surface area (Å²) in [6.07, 6.45) is 1.48. The summed E-state index contributed by atoms with van der Waals surface area (Å²) in [7, 11) is -2.03. The van der Waals surface area contributed by atoms with Crippen molar-refractivity contribution in [1.29, 1.82) is 0 Å². The minimum Gasteiger partial charge on any atom is -0.495 e. The van der Waals surface area contributed by atoms with Crippen LogP contribution in [-0.4, -0.2) is 51.2 Å². The maximum absolute atomic E-state index is 13.1. The summed E-state index contributed by atoms with van der Waals surface area (Å²) in [5.41, 5.74) is 0.967. The van der Waals surface area contributed by atoms with E-state index in [0.29, 0.717) is 43.5 Å². The highest BCUT2D eigenvalue weighted by Crippen LogP contribution is 2.32. The Hall–Kier alpha value is -2.78. The molecule has 2 aromatic heterocycles. The fraction of sp³-hybridized carbons (Fsp3) is 0.316. The van der Waals surface area contributed by atoms with Crippen LogP contribution in [0.4, 0.5) is 5.69 Å². The lowest BCUT2D eigenvalue weighted by Gasteiger charge is -2.35. The van der Waals surface area contributed by atoms with E-state index >= 15 is 0 Å². The van der Waals surface area contributed by atoms with E-state index in [-0.39, 0.29) is 4.90 Å². The Morgan fingerprint density at radius 1 is 1.07 bits per heavy atom. The molecule has 1 saturated heterocycles. The van der Waals surface area contributed by atoms with Gasteiger partial charge in [-0.25, -0.2) is 8.42 Å². The highest BCUT2D eigenvalue weighted by Gasteiger charge is 2.32. The maximum Gasteiger partial charge on any atom is 0.246 e. The van der Waals surface area contributed by atoms with Gasteiger partial charge >= 0.3 is 0 Å². The van der Waals surface area contributed by atoms with Gasteiger partial charge in [-0.15, -0.1) is 0 Å². The molecule has 3 heterocycles. The minimum atomic E-state index is -3.66. The third kappa shape index (κ3) is 3.27. The van der Waals surface area contributed by atoms with Gasteiger partial charge in [0.25, 0.3) is 0 Å². The second kappa shape index (κ2) is 7.33. The number of piperazine rings is 1. The second-order valence-electron chi connectivity index (χ2n) is 6.47. The number of sulfonamides is 1. The van der Waals surface area contributed by atoms with Crippen LogP contribution in [-0.2, 0) is 10.0 Å². The average molecular weight is 403 g/mol. The molecular weight excluding hydrogens is 382 g/mol. The maximum atomic E-state index is 13.1. The third-order valence-electron chi connectivity index (χ3n) is 4.84. The van der Waals surface area contributed by atoms with Gasteiger partial charge in [0.1, 0.15) is 16.4 Å². The molecule has 9 heteroatoms. The van der Waals surface area contributed by atoms with E-state index in [2.05, 4.69) is 10.1 Å². The number of nitrogens with zero attached hydrogens (tertiary/aromatic N) is 3. The zero-order valence-electron chi connectivity index (χ0n) is 15.7. The molecule has 0 bridgehead atoms. The standard InChI is InChI=1S/C19H21N3O5S/c1-14-19(13-18(26-14)17-7-8-20-27-17)28(23,24)22-11-9-21(10-12-22)15-5-3-4-6-16(15)25-2/h3-8,13H,9-12H2,1-2H3. The highest BCUT2D eigenvalue weighted by atomic mass is 32.2. The van der Waals surface area contributed by atoms with Crippen LogP contribution in [0.5, 0.6) is 5.75 Å². The van der Waals surface area contributed by atoms with Gasteiger partial charge in [-0.2, -0.15) is 4.31 Å². The summed E-state index contributed by atoms with van der Waals surface area (Å²) < 4.78 is 43.8. The molecule has 1 aliphatic rings. The molecule has 0 unspecified atom stereocenters. The minimum absolute atomic E-state index is 0.157. The topological polar surface area (TPSA) is 89.0 Å². The van der Waals surface area contributed by atoms with Gasteiger partial charge in [0, 0.05) is 38.3 Å². The fourth-order valence-corrected chi connectivity index (χ4v) is 4.97. The molecule has 0 atom stereocenters. The molecule has 1 aliphatic heterocycles. The molecule has 0 aliphatic carbocycles. The van der Waals surface area contributed by atoms with E-state index in [9.17, 15) is 8.42 Å². The van der Waals surface area contributed by atoms with Gasteiger partial charge in [-0.05, 0) is 19.1 Å². The summed E-state index contributed by atoms with van der Waals surface area (Å²) in [5, 5.41) is 3.63. The Bertz CT molecular complexity index is 1050. The SMILES string of the molecule is COc1ccccc1N1CCN(S(=O)(=O)c2cc(-c3ccno3)oc2C)CC1. The van der Waals surface area contributed by atoms with Crippen molar-refractivity contribution in [1.82, 2.24) is 9.46 Å². The van der Waals surface area contributed by atoms with Crippen LogP contribution < -0.4 is 9.64 Å². The predicted octanol–water partition coefficient (Wildman–Crippen LogP) is 2.76. The molecule has 3 aromatic rings. The molecule has 0 spiro atoms. The smallest absolute Gasteiger partial charge is 0.246 e. The number of aromatic nitrogens is 1. The lowest BCUT2D eigenvalue weighted by atomic mass is 10.2. The molecule has 0 N–H and O–H groups in total. The molecule has 1 aromatic carbocycles. The molecule has 1 fully saturated rings. The Morgan fingerprint density at radius 3 is 2.50 bits per heavy atom. The first-order valence-corrected chi connectivity index (χ1v) is 10.3. The Labute approximate surface area is 163 Å². The predicted molar refractivity (Wildman–Crippen MR) is 103 cm³/mol. The molecule has 28 heavy (non-hydrogen) atoms. The number of hydrogen-bond donors (Lipinski definition) is 0.